The topological polar surface area (TPSA) is 99.1 Å². The van der Waals surface area contributed by atoms with Crippen LogP contribution in [0.1, 0.15) is 24.8 Å². The number of aryl methyl sites for hydroxylation is 1. The van der Waals surface area contributed by atoms with Gasteiger partial charge in [0.15, 0.2) is 11.9 Å². The molecule has 0 bridgehead atoms. The van der Waals surface area contributed by atoms with Crippen LogP contribution in [0, 0.1) is 6.92 Å². The summed E-state index contributed by atoms with van der Waals surface area (Å²) in [7, 11) is 0. The highest BCUT2D eigenvalue weighted by Crippen LogP contribution is 2.29. The Labute approximate surface area is 97.3 Å². The van der Waals surface area contributed by atoms with Crippen LogP contribution in [-0.2, 0) is 4.74 Å². The highest BCUT2D eigenvalue weighted by atomic mass is 16.6. The molecule has 7 heteroatoms. The Morgan fingerprint density at radius 1 is 1.47 bits per heavy atom. The third-order valence-corrected chi connectivity index (χ3v) is 2.90. The van der Waals surface area contributed by atoms with Gasteiger partial charge in [-0.2, -0.15) is 4.98 Å². The van der Waals surface area contributed by atoms with Gasteiger partial charge in [0, 0.05) is 6.42 Å². The van der Waals surface area contributed by atoms with E-state index in [-0.39, 0.29) is 12.2 Å². The van der Waals surface area contributed by atoms with Gasteiger partial charge in [-0.1, -0.05) is 0 Å². The van der Waals surface area contributed by atoms with Crippen molar-refractivity contribution in [3.8, 4) is 0 Å². The molecule has 3 N–H and O–H groups in total. The Balaban J connectivity index is 2.11. The molecule has 90 valence electrons. The first-order chi connectivity index (χ1) is 8.15. The van der Waals surface area contributed by atoms with Crippen LogP contribution in [0.5, 0.6) is 0 Å². The summed E-state index contributed by atoms with van der Waals surface area (Å²) in [6.45, 7) is 1.84. The van der Waals surface area contributed by atoms with E-state index in [1.54, 1.807) is 10.9 Å². The number of imidazole rings is 1. The van der Waals surface area contributed by atoms with Gasteiger partial charge in [-0.15, -0.1) is 0 Å². The van der Waals surface area contributed by atoms with E-state index in [0.717, 1.165) is 12.1 Å². The predicted octanol–water partition coefficient (Wildman–Crippen LogP) is 0.344. The minimum absolute atomic E-state index is 0.218. The summed E-state index contributed by atoms with van der Waals surface area (Å²) in [4.78, 5) is 12.5. The van der Waals surface area contributed by atoms with E-state index < -0.39 is 6.29 Å². The van der Waals surface area contributed by atoms with Crippen molar-refractivity contribution in [1.29, 1.82) is 0 Å². The molecule has 2 aromatic rings. The lowest BCUT2D eigenvalue weighted by atomic mass is 10.3. The van der Waals surface area contributed by atoms with Crippen molar-refractivity contribution in [1.82, 2.24) is 19.5 Å². The largest absolute Gasteiger partial charge is 0.368 e. The first-order valence-corrected chi connectivity index (χ1v) is 5.45. The quantitative estimate of drug-likeness (QED) is 0.739. The molecule has 1 aliphatic heterocycles. The third kappa shape index (κ3) is 1.63. The molecule has 0 amide bonds. The zero-order valence-corrected chi connectivity index (χ0v) is 9.37. The van der Waals surface area contributed by atoms with Crippen LogP contribution in [0.25, 0.3) is 11.2 Å². The molecule has 1 fully saturated rings. The number of anilines is 1. The van der Waals surface area contributed by atoms with Gasteiger partial charge in [-0.05, 0) is 13.3 Å². The maximum atomic E-state index is 9.37. The fourth-order valence-electron chi connectivity index (χ4n) is 2.10. The predicted molar refractivity (Wildman–Crippen MR) is 59.8 cm³/mol. The van der Waals surface area contributed by atoms with Crippen LogP contribution in [0.15, 0.2) is 6.33 Å². The van der Waals surface area contributed by atoms with Gasteiger partial charge in [-0.25, -0.2) is 9.97 Å². The maximum Gasteiger partial charge on any atom is 0.222 e. The number of hydrogen-bond donors (Lipinski definition) is 2. The Hall–Kier alpha value is -1.73. The Bertz CT molecular complexity index is 567. The molecule has 0 spiro atoms. The summed E-state index contributed by atoms with van der Waals surface area (Å²) in [6, 6.07) is 0. The van der Waals surface area contributed by atoms with E-state index in [4.69, 9.17) is 10.5 Å². The van der Waals surface area contributed by atoms with Gasteiger partial charge in [0.25, 0.3) is 0 Å². The molecule has 7 nitrogen and oxygen atoms in total. The van der Waals surface area contributed by atoms with Gasteiger partial charge >= 0.3 is 0 Å². The van der Waals surface area contributed by atoms with Crippen molar-refractivity contribution < 1.29 is 9.84 Å². The number of fused-ring (bicyclic) bond motifs is 1. The molecule has 1 aliphatic rings. The Kier molecular flexibility index (Phi) is 2.23. The standard InChI is InChI=1S/C10H13N5O2/c1-5-8-9(14-10(11)13-5)15(4-12-8)6-2-3-7(16)17-6/h4,6-7,16H,2-3H2,1H3,(H2,11,13,14). The van der Waals surface area contributed by atoms with Gasteiger partial charge in [-0.3, -0.25) is 4.57 Å². The molecular weight excluding hydrogens is 222 g/mol. The molecule has 3 rings (SSSR count). The lowest BCUT2D eigenvalue weighted by molar-refractivity contribution is -0.111. The van der Waals surface area contributed by atoms with Crippen molar-refractivity contribution in [2.75, 3.05) is 5.73 Å². The fraction of sp³-hybridized carbons (Fsp3) is 0.500. The molecule has 0 aliphatic carbocycles. The normalized spacial score (nSPS) is 24.6. The molecular formula is C10H13N5O2. The lowest BCUT2D eigenvalue weighted by Gasteiger charge is -2.12. The number of rotatable bonds is 1. The lowest BCUT2D eigenvalue weighted by Crippen LogP contribution is -2.11. The van der Waals surface area contributed by atoms with Gasteiger partial charge in [0.1, 0.15) is 11.7 Å². The summed E-state index contributed by atoms with van der Waals surface area (Å²) >= 11 is 0. The third-order valence-electron chi connectivity index (χ3n) is 2.90. The van der Waals surface area contributed by atoms with E-state index in [2.05, 4.69) is 15.0 Å². The fourth-order valence-corrected chi connectivity index (χ4v) is 2.10. The van der Waals surface area contributed by atoms with Crippen LogP contribution in [0.2, 0.25) is 0 Å². The smallest absolute Gasteiger partial charge is 0.222 e. The van der Waals surface area contributed by atoms with Gasteiger partial charge in [0.05, 0.1) is 12.0 Å². The summed E-state index contributed by atoms with van der Waals surface area (Å²) in [6.07, 6.45) is 2.05. The molecule has 0 aromatic carbocycles. The van der Waals surface area contributed by atoms with E-state index >= 15 is 0 Å². The highest BCUT2D eigenvalue weighted by Gasteiger charge is 2.26. The number of aliphatic hydroxyl groups excluding tert-OH is 1. The van der Waals surface area contributed by atoms with E-state index in [1.165, 1.54) is 0 Å². The molecule has 3 heterocycles. The number of nitrogens with two attached hydrogens (primary N) is 1. The zero-order valence-electron chi connectivity index (χ0n) is 9.37. The average molecular weight is 235 g/mol. The number of aliphatic hydroxyl groups is 1. The number of hydrogen-bond acceptors (Lipinski definition) is 6. The van der Waals surface area contributed by atoms with Crippen LogP contribution < -0.4 is 5.73 Å². The van der Waals surface area contributed by atoms with E-state index in [9.17, 15) is 5.11 Å². The van der Waals surface area contributed by atoms with Crippen molar-refractivity contribution >= 4 is 17.1 Å². The summed E-state index contributed by atoms with van der Waals surface area (Å²) in [5.74, 6) is 0.218. The van der Waals surface area contributed by atoms with Gasteiger partial charge < -0.3 is 15.6 Å². The summed E-state index contributed by atoms with van der Waals surface area (Å²) < 4.78 is 7.16. The van der Waals surface area contributed by atoms with Crippen molar-refractivity contribution in [2.24, 2.45) is 0 Å². The van der Waals surface area contributed by atoms with Crippen molar-refractivity contribution in [2.45, 2.75) is 32.3 Å². The van der Waals surface area contributed by atoms with E-state index in [0.29, 0.717) is 17.6 Å². The summed E-state index contributed by atoms with van der Waals surface area (Å²) in [5, 5.41) is 9.37. The molecule has 2 unspecified atom stereocenters. The first kappa shape index (κ1) is 10.4. The second-order valence-electron chi connectivity index (χ2n) is 4.11. The Morgan fingerprint density at radius 3 is 3.00 bits per heavy atom. The van der Waals surface area contributed by atoms with Crippen molar-refractivity contribution in [3.63, 3.8) is 0 Å². The minimum atomic E-state index is -0.710. The SMILES string of the molecule is Cc1nc(N)nc2c1ncn2C1CCC(O)O1. The van der Waals surface area contributed by atoms with E-state index in [1.807, 2.05) is 6.92 Å². The van der Waals surface area contributed by atoms with Crippen LogP contribution in [0.3, 0.4) is 0 Å². The minimum Gasteiger partial charge on any atom is -0.368 e. The number of ether oxygens (including phenoxy) is 1. The molecule has 2 atom stereocenters. The molecule has 1 saturated heterocycles. The highest BCUT2D eigenvalue weighted by molar-refractivity contribution is 5.74. The molecule has 17 heavy (non-hydrogen) atoms. The number of nitrogen functional groups attached to an aromatic ring is 1. The van der Waals surface area contributed by atoms with Crippen LogP contribution in [-0.4, -0.2) is 30.9 Å². The van der Waals surface area contributed by atoms with Gasteiger partial charge in [0.2, 0.25) is 5.95 Å². The number of nitrogens with zero attached hydrogens (tertiary/aromatic N) is 4. The first-order valence-electron chi connectivity index (χ1n) is 5.45. The van der Waals surface area contributed by atoms with Crippen LogP contribution in [0.4, 0.5) is 5.95 Å². The Morgan fingerprint density at radius 2 is 2.29 bits per heavy atom. The average Bonchev–Trinajstić information content (AvgIpc) is 2.83. The molecule has 0 saturated carbocycles. The summed E-state index contributed by atoms with van der Waals surface area (Å²) in [5.41, 5.74) is 7.73. The molecule has 0 radical (unpaired) electrons. The molecule has 2 aromatic heterocycles. The van der Waals surface area contributed by atoms with Crippen molar-refractivity contribution in [3.05, 3.63) is 12.0 Å². The zero-order chi connectivity index (χ0) is 12.0. The monoisotopic (exact) mass is 235 g/mol. The second-order valence-corrected chi connectivity index (χ2v) is 4.11. The van der Waals surface area contributed by atoms with Crippen LogP contribution >= 0.6 is 0 Å². The number of aromatic nitrogens is 4. The maximum absolute atomic E-state index is 9.37. The second kappa shape index (κ2) is 3.64.